The molecular weight excluding hydrogens is 275 g/mol. The van der Waals surface area contributed by atoms with E-state index >= 15 is 0 Å². The molecule has 4 nitrogen and oxygen atoms in total. The monoisotopic (exact) mass is 287 g/mol. The number of carbonyl (C=O) groups excluding carboxylic acids is 1. The molecule has 0 aromatic heterocycles. The highest BCUT2D eigenvalue weighted by atomic mass is 19.4. The number of halogens is 3. The number of amides is 1. The molecule has 1 aliphatic rings. The second-order valence-electron chi connectivity index (χ2n) is 4.78. The lowest BCUT2D eigenvalue weighted by atomic mass is 10.0. The predicted molar refractivity (Wildman–Crippen MR) is 64.5 cm³/mol. The summed E-state index contributed by atoms with van der Waals surface area (Å²) >= 11 is 0. The van der Waals surface area contributed by atoms with Gasteiger partial charge < -0.3 is 10.4 Å². The summed E-state index contributed by atoms with van der Waals surface area (Å²) in [6.45, 7) is 1.34. The number of aromatic carboxylic acids is 1. The van der Waals surface area contributed by atoms with Crippen LogP contribution in [-0.2, 0) is 11.0 Å². The van der Waals surface area contributed by atoms with Crippen molar-refractivity contribution in [3.05, 3.63) is 28.8 Å². The molecular formula is C13H12F3NO3. The summed E-state index contributed by atoms with van der Waals surface area (Å²) in [5, 5.41) is 11.4. The van der Waals surface area contributed by atoms with Crippen molar-refractivity contribution in [3.63, 3.8) is 0 Å². The number of hydrogen-bond acceptors (Lipinski definition) is 2. The summed E-state index contributed by atoms with van der Waals surface area (Å²) in [5.74, 6) is -2.03. The quantitative estimate of drug-likeness (QED) is 0.897. The second kappa shape index (κ2) is 4.81. The first-order valence-electron chi connectivity index (χ1n) is 5.96. The molecule has 0 heterocycles. The maximum Gasteiger partial charge on any atom is 0.416 e. The van der Waals surface area contributed by atoms with E-state index in [-0.39, 0.29) is 23.1 Å². The standard InChI is InChI=1S/C13H12F3NO3/c1-6-4-8(13(14,15)16)5-9(12(19)20)10(6)17-11(18)7-2-3-7/h4-5,7H,2-3H2,1H3,(H,17,18)(H,19,20). The van der Waals surface area contributed by atoms with Crippen molar-refractivity contribution in [2.45, 2.75) is 25.9 Å². The van der Waals surface area contributed by atoms with Gasteiger partial charge >= 0.3 is 12.1 Å². The van der Waals surface area contributed by atoms with E-state index in [0.717, 1.165) is 6.07 Å². The van der Waals surface area contributed by atoms with Crippen LogP contribution in [0.2, 0.25) is 0 Å². The number of aryl methyl sites for hydroxylation is 1. The summed E-state index contributed by atoms with van der Waals surface area (Å²) in [6, 6.07) is 1.37. The Kier molecular flexibility index (Phi) is 3.45. The van der Waals surface area contributed by atoms with Crippen molar-refractivity contribution in [2.24, 2.45) is 5.92 Å². The van der Waals surface area contributed by atoms with Crippen molar-refractivity contribution >= 4 is 17.6 Å². The Balaban J connectivity index is 2.44. The van der Waals surface area contributed by atoms with Crippen molar-refractivity contribution < 1.29 is 27.9 Å². The normalized spacial score (nSPS) is 15.0. The van der Waals surface area contributed by atoms with Gasteiger partial charge in [0.05, 0.1) is 16.8 Å². The van der Waals surface area contributed by atoms with Crippen LogP contribution in [0.1, 0.15) is 34.3 Å². The summed E-state index contributed by atoms with van der Waals surface area (Å²) in [4.78, 5) is 22.8. The van der Waals surface area contributed by atoms with Crippen LogP contribution >= 0.6 is 0 Å². The van der Waals surface area contributed by atoms with Crippen LogP contribution in [0.3, 0.4) is 0 Å². The zero-order valence-corrected chi connectivity index (χ0v) is 10.5. The molecule has 1 amide bonds. The largest absolute Gasteiger partial charge is 0.478 e. The van der Waals surface area contributed by atoms with Crippen LogP contribution in [-0.4, -0.2) is 17.0 Å². The maximum absolute atomic E-state index is 12.7. The molecule has 1 saturated carbocycles. The topological polar surface area (TPSA) is 66.4 Å². The van der Waals surface area contributed by atoms with Gasteiger partial charge in [-0.2, -0.15) is 13.2 Å². The Hall–Kier alpha value is -2.05. The molecule has 0 bridgehead atoms. The summed E-state index contributed by atoms with van der Waals surface area (Å²) < 4.78 is 38.0. The number of carbonyl (C=O) groups is 2. The molecule has 0 aliphatic heterocycles. The van der Waals surface area contributed by atoms with Gasteiger partial charge in [-0.15, -0.1) is 0 Å². The zero-order valence-electron chi connectivity index (χ0n) is 10.5. The van der Waals surface area contributed by atoms with Crippen LogP contribution in [0.4, 0.5) is 18.9 Å². The Labute approximate surface area is 112 Å². The van der Waals surface area contributed by atoms with Gasteiger partial charge in [-0.25, -0.2) is 4.79 Å². The summed E-state index contributed by atoms with van der Waals surface area (Å²) in [5.41, 5.74) is -1.59. The Bertz CT molecular complexity index is 577. The Morgan fingerprint density at radius 1 is 1.30 bits per heavy atom. The highest BCUT2D eigenvalue weighted by Gasteiger charge is 2.34. The SMILES string of the molecule is Cc1cc(C(F)(F)F)cc(C(=O)O)c1NC(=O)C1CC1. The first-order chi connectivity index (χ1) is 9.20. The predicted octanol–water partition coefficient (Wildman–Crippen LogP) is 3.06. The smallest absolute Gasteiger partial charge is 0.416 e. The van der Waals surface area contributed by atoms with Crippen molar-refractivity contribution in [1.29, 1.82) is 0 Å². The van der Waals surface area contributed by atoms with Gasteiger partial charge in [0, 0.05) is 5.92 Å². The number of benzene rings is 1. The fraction of sp³-hybridized carbons (Fsp3) is 0.385. The van der Waals surface area contributed by atoms with E-state index in [4.69, 9.17) is 5.11 Å². The third kappa shape index (κ3) is 2.92. The van der Waals surface area contributed by atoms with Gasteiger partial charge in [-0.1, -0.05) is 0 Å². The lowest BCUT2D eigenvalue weighted by Gasteiger charge is -2.15. The Morgan fingerprint density at radius 3 is 2.35 bits per heavy atom. The Morgan fingerprint density at radius 2 is 1.90 bits per heavy atom. The van der Waals surface area contributed by atoms with Crippen LogP contribution in [0, 0.1) is 12.8 Å². The molecule has 1 fully saturated rings. The minimum absolute atomic E-state index is 0.0672. The van der Waals surface area contributed by atoms with Gasteiger partial charge in [0.25, 0.3) is 0 Å². The second-order valence-corrected chi connectivity index (χ2v) is 4.78. The van der Waals surface area contributed by atoms with Gasteiger partial charge in [-0.3, -0.25) is 4.79 Å². The van der Waals surface area contributed by atoms with Gasteiger partial charge in [0.1, 0.15) is 0 Å². The first-order valence-corrected chi connectivity index (χ1v) is 5.96. The number of hydrogen-bond donors (Lipinski definition) is 2. The summed E-state index contributed by atoms with van der Waals surface area (Å²) in [7, 11) is 0. The van der Waals surface area contributed by atoms with Crippen molar-refractivity contribution in [2.75, 3.05) is 5.32 Å². The number of alkyl halides is 3. The molecule has 0 radical (unpaired) electrons. The van der Waals surface area contributed by atoms with E-state index in [1.807, 2.05) is 0 Å². The average Bonchev–Trinajstić information content (AvgIpc) is 3.13. The van der Waals surface area contributed by atoms with E-state index < -0.39 is 23.3 Å². The molecule has 1 aromatic carbocycles. The molecule has 2 N–H and O–H groups in total. The van der Waals surface area contributed by atoms with Crippen LogP contribution in [0.15, 0.2) is 12.1 Å². The molecule has 7 heteroatoms. The molecule has 1 aliphatic carbocycles. The number of anilines is 1. The van der Waals surface area contributed by atoms with E-state index in [2.05, 4.69) is 5.32 Å². The fourth-order valence-corrected chi connectivity index (χ4v) is 1.86. The van der Waals surface area contributed by atoms with Crippen molar-refractivity contribution in [3.8, 4) is 0 Å². The number of carboxylic acid groups (broad SMARTS) is 1. The number of carboxylic acids is 1. The maximum atomic E-state index is 12.7. The molecule has 2 rings (SSSR count). The lowest BCUT2D eigenvalue weighted by molar-refractivity contribution is -0.137. The lowest BCUT2D eigenvalue weighted by Crippen LogP contribution is -2.18. The molecule has 0 spiro atoms. The highest BCUT2D eigenvalue weighted by Crippen LogP contribution is 2.35. The van der Waals surface area contributed by atoms with E-state index in [9.17, 15) is 22.8 Å². The van der Waals surface area contributed by atoms with Crippen LogP contribution in [0.5, 0.6) is 0 Å². The van der Waals surface area contributed by atoms with Crippen molar-refractivity contribution in [1.82, 2.24) is 0 Å². The fourth-order valence-electron chi connectivity index (χ4n) is 1.86. The zero-order chi connectivity index (χ0) is 15.1. The molecule has 0 unspecified atom stereocenters. The van der Waals surface area contributed by atoms with E-state index in [1.54, 1.807) is 0 Å². The van der Waals surface area contributed by atoms with Gasteiger partial charge in [-0.05, 0) is 37.5 Å². The third-order valence-electron chi connectivity index (χ3n) is 3.09. The van der Waals surface area contributed by atoms with Gasteiger partial charge in [0.15, 0.2) is 0 Å². The third-order valence-corrected chi connectivity index (χ3v) is 3.09. The molecule has 0 saturated heterocycles. The minimum atomic E-state index is -4.63. The highest BCUT2D eigenvalue weighted by molar-refractivity contribution is 6.02. The number of nitrogens with one attached hydrogen (secondary N) is 1. The van der Waals surface area contributed by atoms with Crippen LogP contribution < -0.4 is 5.32 Å². The average molecular weight is 287 g/mol. The molecule has 20 heavy (non-hydrogen) atoms. The van der Waals surface area contributed by atoms with E-state index in [1.165, 1.54) is 6.92 Å². The first kappa shape index (κ1) is 14.4. The van der Waals surface area contributed by atoms with Gasteiger partial charge in [0.2, 0.25) is 5.91 Å². The number of rotatable bonds is 3. The molecule has 0 atom stereocenters. The van der Waals surface area contributed by atoms with Crippen LogP contribution in [0.25, 0.3) is 0 Å². The molecule has 1 aromatic rings. The van der Waals surface area contributed by atoms with E-state index in [0.29, 0.717) is 18.9 Å². The minimum Gasteiger partial charge on any atom is -0.478 e. The summed E-state index contributed by atoms with van der Waals surface area (Å²) in [6.07, 6.45) is -3.20. The molecule has 108 valence electrons.